The number of nitrogens with one attached hydrogen (secondary N) is 1. The van der Waals surface area contributed by atoms with Crippen molar-refractivity contribution in [3.8, 4) is 0 Å². The van der Waals surface area contributed by atoms with Gasteiger partial charge in [-0.3, -0.25) is 0 Å². The van der Waals surface area contributed by atoms with Gasteiger partial charge >= 0.3 is 6.03 Å². The van der Waals surface area contributed by atoms with E-state index < -0.39 is 0 Å². The lowest BCUT2D eigenvalue weighted by Gasteiger charge is -2.18. The summed E-state index contributed by atoms with van der Waals surface area (Å²) in [5.74, 6) is 0.398. The maximum absolute atomic E-state index is 12.4. The van der Waals surface area contributed by atoms with Crippen LogP contribution >= 0.6 is 23.2 Å². The molecule has 2 aromatic carbocycles. The summed E-state index contributed by atoms with van der Waals surface area (Å²) in [7, 11) is 0. The van der Waals surface area contributed by atoms with Gasteiger partial charge in [-0.05, 0) is 37.1 Å². The Labute approximate surface area is 146 Å². The molecule has 3 nitrogen and oxygen atoms in total. The number of amides is 2. The van der Waals surface area contributed by atoms with E-state index in [0.717, 1.165) is 19.5 Å². The number of carbonyl (C=O) groups is 1. The van der Waals surface area contributed by atoms with Crippen molar-refractivity contribution in [3.05, 3.63) is 63.6 Å². The molecule has 1 heterocycles. The molecule has 1 atom stereocenters. The van der Waals surface area contributed by atoms with Crippen molar-refractivity contribution in [1.29, 1.82) is 0 Å². The van der Waals surface area contributed by atoms with Crippen LogP contribution in [0, 0.1) is 6.92 Å². The zero-order valence-corrected chi connectivity index (χ0v) is 14.4. The van der Waals surface area contributed by atoms with E-state index in [-0.39, 0.29) is 6.03 Å². The number of carbonyl (C=O) groups excluding carboxylic acids is 1. The molecule has 5 heteroatoms. The first kappa shape index (κ1) is 16.2. The molecule has 23 heavy (non-hydrogen) atoms. The van der Waals surface area contributed by atoms with Crippen molar-refractivity contribution in [2.24, 2.45) is 0 Å². The number of hydrogen-bond donors (Lipinski definition) is 1. The predicted octanol–water partition coefficient (Wildman–Crippen LogP) is 5.32. The molecule has 3 rings (SSSR count). The first-order chi connectivity index (χ1) is 11.0. The fraction of sp³-hybridized carbons (Fsp3) is 0.278. The van der Waals surface area contributed by atoms with Crippen molar-refractivity contribution in [1.82, 2.24) is 4.90 Å². The third-order valence-electron chi connectivity index (χ3n) is 4.20. The highest BCUT2D eigenvalue weighted by Crippen LogP contribution is 2.29. The minimum atomic E-state index is -0.0991. The summed E-state index contributed by atoms with van der Waals surface area (Å²) >= 11 is 11.9. The zero-order valence-electron chi connectivity index (χ0n) is 12.9. The number of benzene rings is 2. The van der Waals surface area contributed by atoms with Gasteiger partial charge in [-0.2, -0.15) is 0 Å². The van der Waals surface area contributed by atoms with Crippen LogP contribution in [0.1, 0.15) is 23.5 Å². The summed E-state index contributed by atoms with van der Waals surface area (Å²) in [6, 6.07) is 13.5. The van der Waals surface area contributed by atoms with Gasteiger partial charge in [0.15, 0.2) is 0 Å². The lowest BCUT2D eigenvalue weighted by Crippen LogP contribution is -2.32. The van der Waals surface area contributed by atoms with E-state index in [1.165, 1.54) is 11.1 Å². The smallest absolute Gasteiger partial charge is 0.321 e. The molecule has 0 radical (unpaired) electrons. The zero-order chi connectivity index (χ0) is 16.4. The molecular formula is C18H18Cl2N2O. The highest BCUT2D eigenvalue weighted by atomic mass is 35.5. The highest BCUT2D eigenvalue weighted by Gasteiger charge is 2.27. The van der Waals surface area contributed by atoms with Crippen LogP contribution in [-0.4, -0.2) is 24.0 Å². The molecule has 0 aliphatic carbocycles. The van der Waals surface area contributed by atoms with Crippen LogP contribution in [0.4, 0.5) is 10.5 Å². The molecule has 1 fully saturated rings. The number of halogens is 2. The van der Waals surface area contributed by atoms with Gasteiger partial charge in [-0.15, -0.1) is 0 Å². The van der Waals surface area contributed by atoms with Crippen LogP contribution in [-0.2, 0) is 0 Å². The van der Waals surface area contributed by atoms with Crippen LogP contribution in [0.3, 0.4) is 0 Å². The number of rotatable bonds is 2. The first-order valence-corrected chi connectivity index (χ1v) is 8.36. The van der Waals surface area contributed by atoms with E-state index >= 15 is 0 Å². The van der Waals surface area contributed by atoms with Crippen LogP contribution in [0.5, 0.6) is 0 Å². The van der Waals surface area contributed by atoms with E-state index in [1.54, 1.807) is 18.2 Å². The topological polar surface area (TPSA) is 32.3 Å². The maximum Gasteiger partial charge on any atom is 0.321 e. The fourth-order valence-corrected chi connectivity index (χ4v) is 3.13. The Morgan fingerprint density at radius 3 is 2.57 bits per heavy atom. The average Bonchev–Trinajstić information content (AvgIpc) is 3.02. The van der Waals surface area contributed by atoms with E-state index in [0.29, 0.717) is 21.7 Å². The second-order valence-electron chi connectivity index (χ2n) is 5.90. The molecule has 120 valence electrons. The normalized spacial score (nSPS) is 17.3. The average molecular weight is 349 g/mol. The van der Waals surface area contributed by atoms with Crippen molar-refractivity contribution < 1.29 is 4.79 Å². The van der Waals surface area contributed by atoms with Gasteiger partial charge in [-0.1, -0.05) is 53.0 Å². The molecule has 0 spiro atoms. The Morgan fingerprint density at radius 1 is 1.13 bits per heavy atom. The molecule has 1 N–H and O–H groups in total. The molecule has 0 bridgehead atoms. The van der Waals surface area contributed by atoms with E-state index in [4.69, 9.17) is 23.2 Å². The molecule has 0 unspecified atom stereocenters. The van der Waals surface area contributed by atoms with Crippen molar-refractivity contribution in [3.63, 3.8) is 0 Å². The van der Waals surface area contributed by atoms with Gasteiger partial charge in [0.25, 0.3) is 0 Å². The molecule has 0 aromatic heterocycles. The number of urea groups is 1. The van der Waals surface area contributed by atoms with Crippen LogP contribution in [0.25, 0.3) is 0 Å². The van der Waals surface area contributed by atoms with Crippen molar-refractivity contribution in [2.45, 2.75) is 19.3 Å². The van der Waals surface area contributed by atoms with Gasteiger partial charge in [0.2, 0.25) is 0 Å². The molecular weight excluding hydrogens is 331 g/mol. The number of nitrogens with zero attached hydrogens (tertiary/aromatic N) is 1. The third-order valence-corrected chi connectivity index (χ3v) is 4.93. The van der Waals surface area contributed by atoms with Gasteiger partial charge in [0.1, 0.15) is 0 Å². The molecule has 1 saturated heterocycles. The maximum atomic E-state index is 12.4. The minimum absolute atomic E-state index is 0.0991. The van der Waals surface area contributed by atoms with E-state index in [2.05, 4.69) is 36.5 Å². The van der Waals surface area contributed by atoms with Crippen LogP contribution in [0.2, 0.25) is 10.0 Å². The Hall–Kier alpha value is -1.71. The third kappa shape index (κ3) is 3.80. The predicted molar refractivity (Wildman–Crippen MR) is 95.6 cm³/mol. The SMILES string of the molecule is Cc1ccc([C@@H]2CCN(C(=O)Nc3ccc(Cl)c(Cl)c3)C2)cc1. The number of likely N-dealkylation sites (tertiary alicyclic amines) is 1. The standard InChI is InChI=1S/C18H18Cl2N2O/c1-12-2-4-13(5-3-12)14-8-9-22(11-14)18(23)21-15-6-7-16(19)17(20)10-15/h2-7,10,14H,8-9,11H2,1H3,(H,21,23)/t14-/m1/s1. The van der Waals surface area contributed by atoms with Gasteiger partial charge in [0, 0.05) is 24.7 Å². The van der Waals surface area contributed by atoms with E-state index in [9.17, 15) is 4.79 Å². The largest absolute Gasteiger partial charge is 0.324 e. The Bertz CT molecular complexity index is 715. The van der Waals surface area contributed by atoms with E-state index in [1.807, 2.05) is 4.90 Å². The summed E-state index contributed by atoms with van der Waals surface area (Å²) in [5, 5.41) is 3.79. The number of anilines is 1. The second-order valence-corrected chi connectivity index (χ2v) is 6.72. The second kappa shape index (κ2) is 6.81. The lowest BCUT2D eigenvalue weighted by atomic mass is 9.98. The van der Waals surface area contributed by atoms with Crippen LogP contribution in [0.15, 0.2) is 42.5 Å². The summed E-state index contributed by atoms with van der Waals surface area (Å²) in [6.07, 6.45) is 0.984. The fourth-order valence-electron chi connectivity index (χ4n) is 2.83. The monoisotopic (exact) mass is 348 g/mol. The van der Waals surface area contributed by atoms with Gasteiger partial charge < -0.3 is 10.2 Å². The quantitative estimate of drug-likeness (QED) is 0.782. The Kier molecular flexibility index (Phi) is 4.79. The Morgan fingerprint density at radius 2 is 1.87 bits per heavy atom. The lowest BCUT2D eigenvalue weighted by molar-refractivity contribution is 0.222. The van der Waals surface area contributed by atoms with Crippen molar-refractivity contribution in [2.75, 3.05) is 18.4 Å². The van der Waals surface area contributed by atoms with Gasteiger partial charge in [0.05, 0.1) is 10.0 Å². The summed E-state index contributed by atoms with van der Waals surface area (Å²) in [4.78, 5) is 14.2. The Balaban J connectivity index is 1.63. The highest BCUT2D eigenvalue weighted by molar-refractivity contribution is 6.42. The first-order valence-electron chi connectivity index (χ1n) is 7.60. The molecule has 2 amide bonds. The van der Waals surface area contributed by atoms with Crippen molar-refractivity contribution >= 4 is 34.9 Å². The number of hydrogen-bond acceptors (Lipinski definition) is 1. The molecule has 0 saturated carbocycles. The number of aryl methyl sites for hydroxylation is 1. The molecule has 1 aliphatic rings. The molecule has 2 aromatic rings. The minimum Gasteiger partial charge on any atom is -0.324 e. The summed E-state index contributed by atoms with van der Waals surface area (Å²) < 4.78 is 0. The van der Waals surface area contributed by atoms with Gasteiger partial charge in [-0.25, -0.2) is 4.79 Å². The summed E-state index contributed by atoms with van der Waals surface area (Å²) in [6.45, 7) is 3.57. The molecule has 1 aliphatic heterocycles. The summed E-state index contributed by atoms with van der Waals surface area (Å²) in [5.41, 5.74) is 3.20. The van der Waals surface area contributed by atoms with Crippen LogP contribution < -0.4 is 5.32 Å².